The van der Waals surface area contributed by atoms with Crippen LogP contribution in [0, 0.1) is 5.82 Å². The van der Waals surface area contributed by atoms with E-state index in [9.17, 15) is 14.0 Å². The van der Waals surface area contributed by atoms with Gasteiger partial charge in [-0.3, -0.25) is 9.59 Å². The van der Waals surface area contributed by atoms with Crippen molar-refractivity contribution in [2.24, 2.45) is 0 Å². The van der Waals surface area contributed by atoms with E-state index in [1.54, 1.807) is 43.3 Å². The Bertz CT molecular complexity index is 850. The highest BCUT2D eigenvalue weighted by molar-refractivity contribution is 6.30. The van der Waals surface area contributed by atoms with Crippen LogP contribution in [0.4, 0.5) is 4.39 Å². The number of rotatable bonds is 7. The molecule has 2 rings (SSSR count). The third-order valence-electron chi connectivity index (χ3n) is 4.09. The largest absolute Gasteiger partial charge is 0.484 e. The molecular weight excluding hydrogens is 395 g/mol. The molecule has 2 aromatic carbocycles. The number of nitrogens with zero attached hydrogens (tertiary/aromatic N) is 1. The molecule has 0 aromatic heterocycles. The van der Waals surface area contributed by atoms with E-state index in [-0.39, 0.29) is 30.8 Å². The Hall–Kier alpha value is -2.60. The van der Waals surface area contributed by atoms with Crippen LogP contribution in [0.5, 0.6) is 5.75 Å². The summed E-state index contributed by atoms with van der Waals surface area (Å²) in [6, 6.07) is 11.8. The third-order valence-corrected chi connectivity index (χ3v) is 4.33. The molecule has 1 N–H and O–H groups in total. The number of amides is 2. The van der Waals surface area contributed by atoms with E-state index in [1.807, 2.05) is 20.8 Å². The lowest BCUT2D eigenvalue weighted by Gasteiger charge is -2.31. The second kappa shape index (κ2) is 9.74. The van der Waals surface area contributed by atoms with Gasteiger partial charge in [-0.2, -0.15) is 0 Å². The summed E-state index contributed by atoms with van der Waals surface area (Å²) in [5, 5.41) is 3.38. The zero-order valence-electron chi connectivity index (χ0n) is 17.0. The smallest absolute Gasteiger partial charge is 0.261 e. The van der Waals surface area contributed by atoms with Crippen LogP contribution in [0.15, 0.2) is 48.5 Å². The first-order chi connectivity index (χ1) is 13.5. The molecule has 29 heavy (non-hydrogen) atoms. The zero-order chi connectivity index (χ0) is 21.6. The Labute approximate surface area is 175 Å². The van der Waals surface area contributed by atoms with E-state index in [4.69, 9.17) is 16.3 Å². The van der Waals surface area contributed by atoms with Gasteiger partial charge in [-0.15, -0.1) is 0 Å². The lowest BCUT2D eigenvalue weighted by atomic mass is 10.1. The molecule has 7 heteroatoms. The highest BCUT2D eigenvalue weighted by Crippen LogP contribution is 2.18. The molecule has 0 aliphatic heterocycles. The molecule has 0 unspecified atom stereocenters. The number of nitrogens with one attached hydrogen (secondary N) is 1. The van der Waals surface area contributed by atoms with Gasteiger partial charge in [-0.25, -0.2) is 4.39 Å². The second-order valence-electron chi connectivity index (χ2n) is 7.81. The number of hydrogen-bond donors (Lipinski definition) is 1. The van der Waals surface area contributed by atoms with Gasteiger partial charge in [0.05, 0.1) is 0 Å². The molecule has 0 radical (unpaired) electrons. The van der Waals surface area contributed by atoms with E-state index >= 15 is 0 Å². The number of halogens is 2. The molecule has 156 valence electrons. The monoisotopic (exact) mass is 420 g/mol. The van der Waals surface area contributed by atoms with Crippen LogP contribution in [0.1, 0.15) is 33.3 Å². The molecule has 0 bridgehead atoms. The van der Waals surface area contributed by atoms with Crippen molar-refractivity contribution in [1.82, 2.24) is 10.2 Å². The summed E-state index contributed by atoms with van der Waals surface area (Å²) in [4.78, 5) is 27.0. The third kappa shape index (κ3) is 7.38. The summed E-state index contributed by atoms with van der Waals surface area (Å²) in [7, 11) is 0. The predicted molar refractivity (Wildman–Crippen MR) is 111 cm³/mol. The van der Waals surface area contributed by atoms with Crippen LogP contribution in [0.25, 0.3) is 0 Å². The molecule has 0 saturated heterocycles. The molecule has 2 amide bonds. The van der Waals surface area contributed by atoms with Gasteiger partial charge in [0.1, 0.15) is 17.6 Å². The van der Waals surface area contributed by atoms with Crippen molar-refractivity contribution in [3.63, 3.8) is 0 Å². The molecule has 0 aliphatic carbocycles. The summed E-state index contributed by atoms with van der Waals surface area (Å²) in [5.41, 5.74) is 0.269. The van der Waals surface area contributed by atoms with Crippen molar-refractivity contribution in [3.8, 4) is 5.75 Å². The quantitative estimate of drug-likeness (QED) is 0.730. The topological polar surface area (TPSA) is 58.6 Å². The molecule has 1 atom stereocenters. The van der Waals surface area contributed by atoms with Crippen molar-refractivity contribution >= 4 is 23.4 Å². The van der Waals surface area contributed by atoms with E-state index in [1.165, 1.54) is 17.0 Å². The fourth-order valence-electron chi connectivity index (χ4n) is 2.63. The van der Waals surface area contributed by atoms with Gasteiger partial charge < -0.3 is 15.0 Å². The summed E-state index contributed by atoms with van der Waals surface area (Å²) < 4.78 is 18.8. The second-order valence-corrected chi connectivity index (χ2v) is 8.25. The van der Waals surface area contributed by atoms with Gasteiger partial charge >= 0.3 is 0 Å². The molecular formula is C22H26ClFN2O3. The van der Waals surface area contributed by atoms with Crippen LogP contribution in [0.3, 0.4) is 0 Å². The maximum Gasteiger partial charge on any atom is 0.261 e. The van der Waals surface area contributed by atoms with Gasteiger partial charge in [0.15, 0.2) is 6.61 Å². The number of hydrogen-bond acceptors (Lipinski definition) is 3. The molecule has 0 aliphatic rings. The van der Waals surface area contributed by atoms with E-state index in [2.05, 4.69) is 5.32 Å². The average molecular weight is 421 g/mol. The maximum atomic E-state index is 13.2. The fraction of sp³-hybridized carbons (Fsp3) is 0.364. The first kappa shape index (κ1) is 22.7. The van der Waals surface area contributed by atoms with Gasteiger partial charge in [0.25, 0.3) is 5.91 Å². The number of benzene rings is 2. The van der Waals surface area contributed by atoms with Crippen molar-refractivity contribution in [3.05, 3.63) is 64.9 Å². The highest BCUT2D eigenvalue weighted by atomic mass is 35.5. The summed E-state index contributed by atoms with van der Waals surface area (Å²) >= 11 is 5.94. The van der Waals surface area contributed by atoms with Crippen LogP contribution < -0.4 is 10.1 Å². The van der Waals surface area contributed by atoms with Crippen molar-refractivity contribution in [2.75, 3.05) is 6.61 Å². The fourth-order valence-corrected chi connectivity index (χ4v) is 2.81. The van der Waals surface area contributed by atoms with Gasteiger partial charge in [0, 0.05) is 17.1 Å². The van der Waals surface area contributed by atoms with Crippen molar-refractivity contribution in [1.29, 1.82) is 0 Å². The number of carbonyl (C=O) groups excluding carboxylic acids is 2. The Morgan fingerprint density at radius 1 is 1.17 bits per heavy atom. The first-order valence-corrected chi connectivity index (χ1v) is 9.67. The zero-order valence-corrected chi connectivity index (χ0v) is 17.8. The number of carbonyl (C=O) groups is 2. The Morgan fingerprint density at radius 2 is 1.83 bits per heavy atom. The molecule has 0 heterocycles. The Kier molecular flexibility index (Phi) is 7.62. The molecule has 2 aromatic rings. The van der Waals surface area contributed by atoms with Crippen molar-refractivity contribution < 1.29 is 18.7 Å². The molecule has 0 spiro atoms. The Morgan fingerprint density at radius 3 is 2.41 bits per heavy atom. The van der Waals surface area contributed by atoms with E-state index in [0.717, 1.165) is 0 Å². The predicted octanol–water partition coefficient (Wildman–Crippen LogP) is 4.19. The minimum Gasteiger partial charge on any atom is -0.484 e. The standard InChI is InChI=1S/C22H26ClFN2O3/c1-15(21(28)25-22(2,3)4)26(13-16-8-10-18(24)11-9-16)20(27)14-29-19-7-5-6-17(23)12-19/h5-12,15H,13-14H2,1-4H3,(H,25,28)/t15-/m1/s1. The highest BCUT2D eigenvalue weighted by Gasteiger charge is 2.28. The normalized spacial score (nSPS) is 12.2. The minimum absolute atomic E-state index is 0.150. The lowest BCUT2D eigenvalue weighted by molar-refractivity contribution is -0.142. The van der Waals surface area contributed by atoms with Crippen LogP contribution in [0.2, 0.25) is 5.02 Å². The van der Waals surface area contributed by atoms with Gasteiger partial charge in [-0.1, -0.05) is 29.8 Å². The molecule has 5 nitrogen and oxygen atoms in total. The Balaban J connectivity index is 2.16. The average Bonchev–Trinajstić information content (AvgIpc) is 2.64. The summed E-state index contributed by atoms with van der Waals surface area (Å²) in [6.07, 6.45) is 0. The van der Waals surface area contributed by atoms with Crippen LogP contribution in [-0.2, 0) is 16.1 Å². The SMILES string of the molecule is C[C@H](C(=O)NC(C)(C)C)N(Cc1ccc(F)cc1)C(=O)COc1cccc(Cl)c1. The first-order valence-electron chi connectivity index (χ1n) is 9.29. The summed E-state index contributed by atoms with van der Waals surface area (Å²) in [6.45, 7) is 7.15. The van der Waals surface area contributed by atoms with Gasteiger partial charge in [0.2, 0.25) is 5.91 Å². The summed E-state index contributed by atoms with van der Waals surface area (Å²) in [5.74, 6) is -0.560. The molecule has 0 fully saturated rings. The van der Waals surface area contributed by atoms with Crippen molar-refractivity contribution in [2.45, 2.75) is 45.8 Å². The van der Waals surface area contributed by atoms with Gasteiger partial charge in [-0.05, 0) is 63.6 Å². The number of ether oxygens (including phenoxy) is 1. The molecule has 0 saturated carbocycles. The van der Waals surface area contributed by atoms with E-state index in [0.29, 0.717) is 16.3 Å². The van der Waals surface area contributed by atoms with Crippen LogP contribution >= 0.6 is 11.6 Å². The minimum atomic E-state index is -0.741. The van der Waals surface area contributed by atoms with Crippen LogP contribution in [-0.4, -0.2) is 34.9 Å². The van der Waals surface area contributed by atoms with E-state index < -0.39 is 11.6 Å². The maximum absolute atomic E-state index is 13.2. The lowest BCUT2D eigenvalue weighted by Crippen LogP contribution is -2.53.